The molecule has 1 aromatic heterocycles. The first-order valence-electron chi connectivity index (χ1n) is 5.13. The van der Waals surface area contributed by atoms with E-state index in [1.165, 1.54) is 0 Å². The molecular formula is C10H12ClN5S. The Balaban J connectivity index is 2.02. The minimum atomic E-state index is 0.519. The Kier molecular flexibility index (Phi) is 4.36. The van der Waals surface area contributed by atoms with Crippen LogP contribution in [-0.2, 0) is 12.3 Å². The summed E-state index contributed by atoms with van der Waals surface area (Å²) in [7, 11) is 0. The van der Waals surface area contributed by atoms with Crippen molar-refractivity contribution < 1.29 is 0 Å². The summed E-state index contributed by atoms with van der Waals surface area (Å²) in [5.74, 6) is 0.741. The number of halogens is 1. The van der Waals surface area contributed by atoms with Crippen LogP contribution < -0.4 is 5.73 Å². The van der Waals surface area contributed by atoms with Crippen molar-refractivity contribution in [2.75, 3.05) is 6.54 Å². The summed E-state index contributed by atoms with van der Waals surface area (Å²) in [4.78, 5) is 0. The molecular weight excluding hydrogens is 258 g/mol. The second kappa shape index (κ2) is 6.00. The second-order valence-electron chi connectivity index (χ2n) is 3.35. The van der Waals surface area contributed by atoms with E-state index in [9.17, 15) is 0 Å². The van der Waals surface area contributed by atoms with Gasteiger partial charge in [0.1, 0.15) is 0 Å². The highest BCUT2D eigenvalue weighted by Gasteiger charge is 2.07. The van der Waals surface area contributed by atoms with Gasteiger partial charge in [-0.15, -0.1) is 5.10 Å². The smallest absolute Gasteiger partial charge is 0.209 e. The number of tetrazole rings is 1. The Morgan fingerprint density at radius 3 is 2.94 bits per heavy atom. The lowest BCUT2D eigenvalue weighted by molar-refractivity contribution is 0.557. The van der Waals surface area contributed by atoms with Gasteiger partial charge < -0.3 is 5.73 Å². The summed E-state index contributed by atoms with van der Waals surface area (Å²) < 4.78 is 1.70. The lowest BCUT2D eigenvalue weighted by Crippen LogP contribution is -2.12. The van der Waals surface area contributed by atoms with Crippen molar-refractivity contribution in [1.29, 1.82) is 0 Å². The van der Waals surface area contributed by atoms with E-state index in [0.717, 1.165) is 21.5 Å². The van der Waals surface area contributed by atoms with Gasteiger partial charge in [0.05, 0.1) is 6.54 Å². The number of benzene rings is 1. The van der Waals surface area contributed by atoms with E-state index in [0.29, 0.717) is 13.1 Å². The fourth-order valence-corrected chi connectivity index (χ4v) is 2.51. The van der Waals surface area contributed by atoms with Crippen LogP contribution in [0.3, 0.4) is 0 Å². The third-order valence-corrected chi connectivity index (χ3v) is 3.53. The van der Waals surface area contributed by atoms with Gasteiger partial charge in [-0.2, -0.15) is 0 Å². The lowest BCUT2D eigenvalue weighted by atomic mass is 10.2. The molecule has 17 heavy (non-hydrogen) atoms. The zero-order valence-corrected chi connectivity index (χ0v) is 10.7. The van der Waals surface area contributed by atoms with Gasteiger partial charge in [0.15, 0.2) is 0 Å². The highest BCUT2D eigenvalue weighted by atomic mass is 35.5. The van der Waals surface area contributed by atoms with Crippen molar-refractivity contribution in [2.45, 2.75) is 17.5 Å². The highest BCUT2D eigenvalue weighted by Crippen LogP contribution is 2.24. The largest absolute Gasteiger partial charge is 0.329 e. The van der Waals surface area contributed by atoms with Crippen LogP contribution in [0, 0.1) is 0 Å². The first-order chi connectivity index (χ1) is 8.31. The SMILES string of the molecule is NCCn1nnnc1SCc1ccccc1Cl. The fraction of sp³-hybridized carbons (Fsp3) is 0.300. The summed E-state index contributed by atoms with van der Waals surface area (Å²) in [6.45, 7) is 1.14. The number of aromatic nitrogens is 4. The van der Waals surface area contributed by atoms with E-state index in [1.807, 2.05) is 24.3 Å². The third kappa shape index (κ3) is 3.18. The van der Waals surface area contributed by atoms with Crippen LogP contribution in [0.5, 0.6) is 0 Å². The van der Waals surface area contributed by atoms with Crippen molar-refractivity contribution in [3.63, 3.8) is 0 Å². The van der Waals surface area contributed by atoms with Crippen LogP contribution in [0.1, 0.15) is 5.56 Å². The van der Waals surface area contributed by atoms with E-state index >= 15 is 0 Å². The third-order valence-electron chi connectivity index (χ3n) is 2.15. The Morgan fingerprint density at radius 2 is 2.18 bits per heavy atom. The summed E-state index contributed by atoms with van der Waals surface area (Å²) in [6, 6.07) is 7.74. The number of nitrogens with zero attached hydrogens (tertiary/aromatic N) is 4. The van der Waals surface area contributed by atoms with Crippen molar-refractivity contribution >= 4 is 23.4 Å². The number of hydrogen-bond acceptors (Lipinski definition) is 5. The summed E-state index contributed by atoms with van der Waals surface area (Å²) in [6.07, 6.45) is 0. The van der Waals surface area contributed by atoms with Gasteiger partial charge in [0.25, 0.3) is 0 Å². The number of rotatable bonds is 5. The van der Waals surface area contributed by atoms with E-state index in [4.69, 9.17) is 17.3 Å². The molecule has 0 aliphatic heterocycles. The van der Waals surface area contributed by atoms with Gasteiger partial charge in [-0.1, -0.05) is 41.6 Å². The van der Waals surface area contributed by atoms with Crippen molar-refractivity contribution in [1.82, 2.24) is 20.2 Å². The molecule has 1 heterocycles. The molecule has 2 aromatic rings. The van der Waals surface area contributed by atoms with Gasteiger partial charge in [0.2, 0.25) is 5.16 Å². The van der Waals surface area contributed by atoms with E-state index in [2.05, 4.69) is 15.5 Å². The Hall–Kier alpha value is -1.11. The molecule has 7 heteroatoms. The summed E-state index contributed by atoms with van der Waals surface area (Å²) in [5.41, 5.74) is 6.54. The first kappa shape index (κ1) is 12.3. The zero-order chi connectivity index (χ0) is 12.1. The lowest BCUT2D eigenvalue weighted by Gasteiger charge is -2.04. The minimum absolute atomic E-state index is 0.519. The molecule has 0 fully saturated rings. The molecule has 0 spiro atoms. The molecule has 0 bridgehead atoms. The highest BCUT2D eigenvalue weighted by molar-refractivity contribution is 7.98. The van der Waals surface area contributed by atoms with Gasteiger partial charge in [-0.25, -0.2) is 4.68 Å². The maximum Gasteiger partial charge on any atom is 0.209 e. The summed E-state index contributed by atoms with van der Waals surface area (Å²) >= 11 is 7.62. The maximum atomic E-state index is 6.07. The number of thioether (sulfide) groups is 1. The van der Waals surface area contributed by atoms with Crippen LogP contribution in [0.2, 0.25) is 5.02 Å². The summed E-state index contributed by atoms with van der Waals surface area (Å²) in [5, 5.41) is 13.0. The predicted octanol–water partition coefficient (Wildman–Crippen LogP) is 1.58. The zero-order valence-electron chi connectivity index (χ0n) is 9.08. The van der Waals surface area contributed by atoms with Crippen molar-refractivity contribution in [2.24, 2.45) is 5.73 Å². The molecule has 2 N–H and O–H groups in total. The van der Waals surface area contributed by atoms with E-state index < -0.39 is 0 Å². The molecule has 0 saturated heterocycles. The number of nitrogens with two attached hydrogens (primary N) is 1. The molecule has 0 atom stereocenters. The van der Waals surface area contributed by atoms with Gasteiger partial charge in [0, 0.05) is 17.3 Å². The molecule has 0 saturated carbocycles. The monoisotopic (exact) mass is 269 g/mol. The molecule has 5 nitrogen and oxygen atoms in total. The molecule has 90 valence electrons. The Morgan fingerprint density at radius 1 is 1.35 bits per heavy atom. The standard InChI is InChI=1S/C10H12ClN5S/c11-9-4-2-1-3-8(9)7-17-10-13-14-15-16(10)6-5-12/h1-4H,5-7,12H2. The fourth-order valence-electron chi connectivity index (χ4n) is 1.32. The Labute approximate surface area is 108 Å². The average Bonchev–Trinajstić information content (AvgIpc) is 2.76. The molecule has 0 radical (unpaired) electrons. The van der Waals surface area contributed by atoms with Gasteiger partial charge in [-0.05, 0) is 22.1 Å². The normalized spacial score (nSPS) is 10.7. The quantitative estimate of drug-likeness (QED) is 0.835. The van der Waals surface area contributed by atoms with Crippen LogP contribution in [0.25, 0.3) is 0 Å². The van der Waals surface area contributed by atoms with Crippen LogP contribution in [-0.4, -0.2) is 26.8 Å². The van der Waals surface area contributed by atoms with Crippen molar-refractivity contribution in [3.8, 4) is 0 Å². The van der Waals surface area contributed by atoms with Gasteiger partial charge >= 0.3 is 0 Å². The van der Waals surface area contributed by atoms with Crippen LogP contribution >= 0.6 is 23.4 Å². The molecule has 0 amide bonds. The molecule has 1 aromatic carbocycles. The molecule has 2 rings (SSSR count). The second-order valence-corrected chi connectivity index (χ2v) is 4.70. The van der Waals surface area contributed by atoms with Crippen molar-refractivity contribution in [3.05, 3.63) is 34.9 Å². The van der Waals surface area contributed by atoms with Crippen LogP contribution in [0.15, 0.2) is 29.4 Å². The molecule has 0 unspecified atom stereocenters. The van der Waals surface area contributed by atoms with E-state index in [1.54, 1.807) is 16.4 Å². The van der Waals surface area contributed by atoms with Gasteiger partial charge in [-0.3, -0.25) is 0 Å². The average molecular weight is 270 g/mol. The molecule has 0 aliphatic carbocycles. The van der Waals surface area contributed by atoms with E-state index in [-0.39, 0.29) is 0 Å². The minimum Gasteiger partial charge on any atom is -0.329 e. The first-order valence-corrected chi connectivity index (χ1v) is 6.50. The maximum absolute atomic E-state index is 6.07. The topological polar surface area (TPSA) is 69.6 Å². The number of hydrogen-bond donors (Lipinski definition) is 1. The molecule has 0 aliphatic rings. The predicted molar refractivity (Wildman–Crippen MR) is 67.9 cm³/mol. The van der Waals surface area contributed by atoms with Crippen LogP contribution in [0.4, 0.5) is 0 Å². The Bertz CT molecular complexity index is 487.